The van der Waals surface area contributed by atoms with Gasteiger partial charge >= 0.3 is 0 Å². The van der Waals surface area contributed by atoms with E-state index in [0.717, 1.165) is 60.2 Å². The number of benzene rings is 9. The maximum absolute atomic E-state index is 5.43. The van der Waals surface area contributed by atoms with E-state index in [9.17, 15) is 0 Å². The molecule has 0 radical (unpaired) electrons. The zero-order chi connectivity index (χ0) is 42.8. The molecule has 302 valence electrons. The van der Waals surface area contributed by atoms with E-state index in [1.807, 2.05) is 36.9 Å². The summed E-state index contributed by atoms with van der Waals surface area (Å²) in [4.78, 5) is 15.7. The Balaban J connectivity index is 1.02. The Bertz CT molecular complexity index is 3990. The summed E-state index contributed by atoms with van der Waals surface area (Å²) in [6, 6.07) is 72.9. The molecule has 0 saturated heterocycles. The summed E-state index contributed by atoms with van der Waals surface area (Å²) in [6.07, 6.45) is 7.58. The topological polar surface area (TPSA) is 38.7 Å². The third-order valence-electron chi connectivity index (χ3n) is 13.0. The smallest absolute Gasteiger partial charge is 0.0803 e. The van der Waals surface area contributed by atoms with Gasteiger partial charge in [0.2, 0.25) is 0 Å². The maximum atomic E-state index is 5.43. The molecule has 0 N–H and O–H groups in total. The lowest BCUT2D eigenvalue weighted by Gasteiger charge is -2.19. The quantitative estimate of drug-likeness (QED) is 0.157. The van der Waals surface area contributed by atoms with Crippen LogP contribution in [0.1, 0.15) is 0 Å². The van der Waals surface area contributed by atoms with Crippen LogP contribution in [0.4, 0.5) is 0 Å². The molecule has 0 fully saturated rings. The minimum atomic E-state index is 0.957. The van der Waals surface area contributed by atoms with Crippen LogP contribution in [0.2, 0.25) is 0 Å². The molecule has 0 unspecified atom stereocenters. The minimum Gasteiger partial charge on any atom is -0.264 e. The van der Waals surface area contributed by atoms with Crippen LogP contribution < -0.4 is 0 Å². The first-order valence-electron chi connectivity index (χ1n) is 22.0. The van der Waals surface area contributed by atoms with Gasteiger partial charge in [0.15, 0.2) is 0 Å². The number of hydrogen-bond acceptors (Lipinski definition) is 4. The predicted molar refractivity (Wildman–Crippen MR) is 275 cm³/mol. The molecule has 3 nitrogen and oxygen atoms in total. The Morgan fingerprint density at radius 3 is 1.49 bits per heavy atom. The lowest BCUT2D eigenvalue weighted by Crippen LogP contribution is -1.92. The summed E-state index contributed by atoms with van der Waals surface area (Å²) in [5.74, 6) is 0. The number of para-hydroxylation sites is 1. The third kappa shape index (κ3) is 6.22. The molecule has 4 aromatic heterocycles. The van der Waals surface area contributed by atoms with E-state index in [1.54, 1.807) is 11.3 Å². The molecule has 4 heteroatoms. The van der Waals surface area contributed by atoms with Gasteiger partial charge in [-0.15, -0.1) is 11.3 Å². The van der Waals surface area contributed by atoms with Gasteiger partial charge in [-0.3, -0.25) is 9.97 Å². The fourth-order valence-corrected chi connectivity index (χ4v) is 11.3. The number of rotatable bonds is 6. The van der Waals surface area contributed by atoms with Crippen molar-refractivity contribution in [2.24, 2.45) is 0 Å². The Morgan fingerprint density at radius 2 is 0.846 bits per heavy atom. The largest absolute Gasteiger partial charge is 0.264 e. The van der Waals surface area contributed by atoms with Gasteiger partial charge in [0.1, 0.15) is 0 Å². The number of thiophene rings is 1. The standard InChI is InChI=1S/C61H37N3S/c1-3-13-42-33-45(27-23-38(42)11-1)55-49-17-5-6-18-50(49)56(46-28-24-39-12-2-4-14-43(39)34-46)53-35-44(29-30-51(53)55)40-21-25-41(26-22-40)59-58-57(47-15-9-31-62-36-47)60(48-16-10-32-63-37-48)65-61(58)52-19-7-8-20-54(52)64-59/h1-37H. The Hall–Kier alpha value is -8.31. The van der Waals surface area contributed by atoms with Crippen molar-refractivity contribution in [2.75, 3.05) is 0 Å². The molecule has 0 spiro atoms. The molecule has 65 heavy (non-hydrogen) atoms. The highest BCUT2D eigenvalue weighted by Crippen LogP contribution is 2.50. The maximum Gasteiger partial charge on any atom is 0.0803 e. The van der Waals surface area contributed by atoms with Gasteiger partial charge in [0, 0.05) is 67.4 Å². The van der Waals surface area contributed by atoms with E-state index in [1.165, 1.54) is 70.0 Å². The highest BCUT2D eigenvalue weighted by molar-refractivity contribution is 7.24. The zero-order valence-corrected chi connectivity index (χ0v) is 35.9. The van der Waals surface area contributed by atoms with Crippen molar-refractivity contribution in [1.29, 1.82) is 0 Å². The van der Waals surface area contributed by atoms with E-state index in [2.05, 4.69) is 198 Å². The molecule has 0 amide bonds. The number of nitrogens with zero attached hydrogens (tertiary/aromatic N) is 3. The van der Waals surface area contributed by atoms with E-state index < -0.39 is 0 Å². The van der Waals surface area contributed by atoms with E-state index in [0.29, 0.717) is 0 Å². The van der Waals surface area contributed by atoms with Gasteiger partial charge in [-0.05, 0) is 113 Å². The Morgan fingerprint density at radius 1 is 0.323 bits per heavy atom. The summed E-state index contributed by atoms with van der Waals surface area (Å²) in [6.45, 7) is 0. The van der Waals surface area contributed by atoms with Crippen LogP contribution in [0.5, 0.6) is 0 Å². The molecule has 0 atom stereocenters. The number of pyridine rings is 3. The lowest BCUT2D eigenvalue weighted by atomic mass is 9.84. The first-order chi connectivity index (χ1) is 32.2. The average molecular weight is 844 g/mol. The van der Waals surface area contributed by atoms with Crippen molar-refractivity contribution in [3.05, 3.63) is 225 Å². The van der Waals surface area contributed by atoms with Crippen molar-refractivity contribution in [1.82, 2.24) is 15.0 Å². The minimum absolute atomic E-state index is 0.957. The van der Waals surface area contributed by atoms with Crippen LogP contribution in [0.25, 0.3) is 130 Å². The van der Waals surface area contributed by atoms with Gasteiger partial charge in [0.25, 0.3) is 0 Å². The van der Waals surface area contributed by atoms with Crippen LogP contribution in [0, 0.1) is 0 Å². The van der Waals surface area contributed by atoms with Crippen LogP contribution in [0.15, 0.2) is 225 Å². The molecule has 0 aliphatic carbocycles. The van der Waals surface area contributed by atoms with E-state index in [4.69, 9.17) is 4.98 Å². The summed E-state index contributed by atoms with van der Waals surface area (Å²) in [5.41, 5.74) is 13.5. The highest BCUT2D eigenvalue weighted by Gasteiger charge is 2.23. The van der Waals surface area contributed by atoms with Crippen LogP contribution in [0.3, 0.4) is 0 Å². The summed E-state index contributed by atoms with van der Waals surface area (Å²) >= 11 is 1.80. The Kier molecular flexibility index (Phi) is 8.71. The monoisotopic (exact) mass is 843 g/mol. The molecule has 9 aromatic carbocycles. The van der Waals surface area contributed by atoms with Gasteiger partial charge < -0.3 is 0 Å². The van der Waals surface area contributed by atoms with Gasteiger partial charge in [-0.2, -0.15) is 0 Å². The summed E-state index contributed by atoms with van der Waals surface area (Å²) in [7, 11) is 0. The van der Waals surface area contributed by atoms with Crippen molar-refractivity contribution in [2.45, 2.75) is 0 Å². The van der Waals surface area contributed by atoms with Gasteiger partial charge in [0.05, 0.1) is 11.2 Å². The number of hydrogen-bond donors (Lipinski definition) is 0. The number of aromatic nitrogens is 3. The van der Waals surface area contributed by atoms with E-state index >= 15 is 0 Å². The van der Waals surface area contributed by atoms with Crippen LogP contribution >= 0.6 is 11.3 Å². The first-order valence-corrected chi connectivity index (χ1v) is 22.8. The number of fused-ring (bicyclic) bond motifs is 7. The lowest BCUT2D eigenvalue weighted by molar-refractivity contribution is 1.33. The predicted octanol–water partition coefficient (Wildman–Crippen LogP) is 16.9. The van der Waals surface area contributed by atoms with Crippen LogP contribution in [-0.4, -0.2) is 15.0 Å². The second-order valence-corrected chi connectivity index (χ2v) is 17.7. The summed E-state index contributed by atoms with van der Waals surface area (Å²) < 4.78 is 1.21. The molecule has 0 aliphatic rings. The van der Waals surface area contributed by atoms with Crippen molar-refractivity contribution < 1.29 is 0 Å². The molecule has 4 heterocycles. The Labute approximate surface area is 379 Å². The molecule has 13 aromatic rings. The molecular formula is C61H37N3S. The van der Waals surface area contributed by atoms with Gasteiger partial charge in [-0.1, -0.05) is 164 Å². The molecule has 0 saturated carbocycles. The molecule has 0 bridgehead atoms. The second-order valence-electron chi connectivity index (χ2n) is 16.7. The second kappa shape index (κ2) is 15.2. The van der Waals surface area contributed by atoms with Crippen molar-refractivity contribution in [3.8, 4) is 66.2 Å². The van der Waals surface area contributed by atoms with Crippen molar-refractivity contribution in [3.63, 3.8) is 0 Å². The fourth-order valence-electron chi connectivity index (χ4n) is 9.97. The highest BCUT2D eigenvalue weighted by atomic mass is 32.1. The normalized spacial score (nSPS) is 11.7. The SMILES string of the molecule is c1cncc(-c2sc3c(c(-c4ccc(-c5ccc6c(-c7ccc8ccccc8c7)c7ccccc7c(-c7ccc8ccccc8c7)c6c5)cc4)nc4ccccc43)c2-c2cccnc2)c1. The summed E-state index contributed by atoms with van der Waals surface area (Å²) in [5, 5.41) is 12.2. The zero-order valence-electron chi connectivity index (χ0n) is 35.1. The van der Waals surface area contributed by atoms with Gasteiger partial charge in [-0.25, -0.2) is 4.98 Å². The molecule has 0 aliphatic heterocycles. The molecular weight excluding hydrogens is 807 g/mol. The fraction of sp³-hybridized carbons (Fsp3) is 0. The third-order valence-corrected chi connectivity index (χ3v) is 14.3. The average Bonchev–Trinajstić information content (AvgIpc) is 3.79. The van der Waals surface area contributed by atoms with Crippen LogP contribution in [-0.2, 0) is 0 Å². The first kappa shape index (κ1) is 37.3. The van der Waals surface area contributed by atoms with E-state index in [-0.39, 0.29) is 0 Å². The van der Waals surface area contributed by atoms with Crippen molar-refractivity contribution >= 4 is 75.4 Å². The molecule has 13 rings (SSSR count).